The van der Waals surface area contributed by atoms with Gasteiger partial charge in [0.1, 0.15) is 5.82 Å². The van der Waals surface area contributed by atoms with E-state index in [2.05, 4.69) is 17.3 Å². The van der Waals surface area contributed by atoms with Gasteiger partial charge in [0.25, 0.3) is 0 Å². The molecule has 0 saturated heterocycles. The van der Waals surface area contributed by atoms with Crippen LogP contribution in [0.4, 0.5) is 11.5 Å². The first-order chi connectivity index (χ1) is 8.70. The number of nitrogens with two attached hydrogens (primary N) is 1. The predicted octanol–water partition coefficient (Wildman–Crippen LogP) is 2.56. The molecule has 3 N–H and O–H groups in total. The van der Waals surface area contributed by atoms with E-state index in [-0.39, 0.29) is 0 Å². The Labute approximate surface area is 109 Å². The Kier molecular flexibility index (Phi) is 2.96. The SMILES string of the molecule is CCCc1nn(C)c(NC(C2CC2)C2CC2)c1N. The monoisotopic (exact) mass is 248 g/mol. The van der Waals surface area contributed by atoms with Crippen molar-refractivity contribution in [3.63, 3.8) is 0 Å². The lowest BCUT2D eigenvalue weighted by Gasteiger charge is -2.19. The van der Waals surface area contributed by atoms with Crippen molar-refractivity contribution in [3.05, 3.63) is 5.69 Å². The molecule has 0 aliphatic heterocycles. The summed E-state index contributed by atoms with van der Waals surface area (Å²) < 4.78 is 1.93. The second-order valence-electron chi connectivity index (χ2n) is 5.93. The maximum absolute atomic E-state index is 6.23. The van der Waals surface area contributed by atoms with Crippen molar-refractivity contribution in [1.82, 2.24) is 9.78 Å². The molecule has 1 aromatic rings. The number of nitrogens with one attached hydrogen (secondary N) is 1. The van der Waals surface area contributed by atoms with Gasteiger partial charge in [-0.15, -0.1) is 0 Å². The van der Waals surface area contributed by atoms with Crippen molar-refractivity contribution in [2.75, 3.05) is 11.1 Å². The lowest BCUT2D eigenvalue weighted by atomic mass is 10.1. The van der Waals surface area contributed by atoms with Gasteiger partial charge in [-0.3, -0.25) is 4.68 Å². The maximum atomic E-state index is 6.23. The molecule has 18 heavy (non-hydrogen) atoms. The molecule has 100 valence electrons. The fourth-order valence-electron chi connectivity index (χ4n) is 2.88. The Morgan fingerprint density at radius 2 is 1.94 bits per heavy atom. The molecule has 2 aliphatic carbocycles. The van der Waals surface area contributed by atoms with Gasteiger partial charge in [0.05, 0.1) is 11.4 Å². The highest BCUT2D eigenvalue weighted by Crippen LogP contribution is 2.46. The third kappa shape index (κ3) is 2.20. The van der Waals surface area contributed by atoms with Gasteiger partial charge in [-0.25, -0.2) is 0 Å². The molecule has 4 heteroatoms. The van der Waals surface area contributed by atoms with Crippen LogP contribution in [0.1, 0.15) is 44.7 Å². The summed E-state index contributed by atoms with van der Waals surface area (Å²) in [6.45, 7) is 2.17. The zero-order chi connectivity index (χ0) is 12.7. The van der Waals surface area contributed by atoms with E-state index in [0.717, 1.165) is 41.9 Å². The van der Waals surface area contributed by atoms with Crippen LogP contribution in [-0.2, 0) is 13.5 Å². The second kappa shape index (κ2) is 4.48. The van der Waals surface area contributed by atoms with E-state index in [4.69, 9.17) is 5.73 Å². The minimum absolute atomic E-state index is 0.636. The molecule has 0 unspecified atom stereocenters. The molecule has 3 rings (SSSR count). The van der Waals surface area contributed by atoms with E-state index in [1.54, 1.807) is 0 Å². The maximum Gasteiger partial charge on any atom is 0.148 e. The average molecular weight is 248 g/mol. The summed E-state index contributed by atoms with van der Waals surface area (Å²) >= 11 is 0. The van der Waals surface area contributed by atoms with Crippen LogP contribution < -0.4 is 11.1 Å². The molecule has 4 nitrogen and oxygen atoms in total. The number of aromatic nitrogens is 2. The van der Waals surface area contributed by atoms with Gasteiger partial charge in [0, 0.05) is 13.1 Å². The van der Waals surface area contributed by atoms with Crippen LogP contribution in [0.25, 0.3) is 0 Å². The van der Waals surface area contributed by atoms with Crippen molar-refractivity contribution < 1.29 is 0 Å². The van der Waals surface area contributed by atoms with Crippen LogP contribution in [0.3, 0.4) is 0 Å². The summed E-state index contributed by atoms with van der Waals surface area (Å²) in [4.78, 5) is 0. The number of nitrogen functional groups attached to an aromatic ring is 1. The first kappa shape index (κ1) is 11.9. The Bertz CT molecular complexity index is 417. The summed E-state index contributed by atoms with van der Waals surface area (Å²) in [5.41, 5.74) is 8.15. The van der Waals surface area contributed by atoms with Crippen LogP contribution in [-0.4, -0.2) is 15.8 Å². The molecular weight excluding hydrogens is 224 g/mol. The minimum atomic E-state index is 0.636. The summed E-state index contributed by atoms with van der Waals surface area (Å²) in [6, 6.07) is 0.636. The summed E-state index contributed by atoms with van der Waals surface area (Å²) in [5.74, 6) is 2.80. The average Bonchev–Trinajstić information content (AvgIpc) is 3.22. The molecule has 1 aromatic heterocycles. The number of anilines is 2. The van der Waals surface area contributed by atoms with Crippen LogP contribution in [0.5, 0.6) is 0 Å². The third-order valence-electron chi connectivity index (χ3n) is 4.21. The molecule has 0 radical (unpaired) electrons. The number of hydrogen-bond donors (Lipinski definition) is 2. The third-order valence-corrected chi connectivity index (χ3v) is 4.21. The van der Waals surface area contributed by atoms with Crippen LogP contribution in [0.2, 0.25) is 0 Å². The molecule has 2 saturated carbocycles. The molecule has 0 bridgehead atoms. The summed E-state index contributed by atoms with van der Waals surface area (Å²) in [5, 5.41) is 8.24. The first-order valence-electron chi connectivity index (χ1n) is 7.28. The highest BCUT2D eigenvalue weighted by Gasteiger charge is 2.42. The standard InChI is InChI=1S/C14H24N4/c1-3-4-11-12(15)14(18(2)17-11)16-13(9-5-6-9)10-7-8-10/h9-10,13,16H,3-8,15H2,1-2H3. The molecule has 2 fully saturated rings. The minimum Gasteiger partial charge on any atom is -0.394 e. The molecule has 0 aromatic carbocycles. The zero-order valence-electron chi connectivity index (χ0n) is 11.4. The van der Waals surface area contributed by atoms with Crippen LogP contribution >= 0.6 is 0 Å². The van der Waals surface area contributed by atoms with E-state index in [1.165, 1.54) is 25.7 Å². The summed E-state index contributed by atoms with van der Waals surface area (Å²) in [7, 11) is 1.99. The smallest absolute Gasteiger partial charge is 0.148 e. The quantitative estimate of drug-likeness (QED) is 0.813. The van der Waals surface area contributed by atoms with Crippen molar-refractivity contribution in [2.24, 2.45) is 18.9 Å². The number of nitrogens with zero attached hydrogens (tertiary/aromatic N) is 2. The Hall–Kier alpha value is -1.19. The fraction of sp³-hybridized carbons (Fsp3) is 0.786. The van der Waals surface area contributed by atoms with E-state index >= 15 is 0 Å². The highest BCUT2D eigenvalue weighted by molar-refractivity contribution is 5.65. The lowest BCUT2D eigenvalue weighted by molar-refractivity contribution is 0.560. The van der Waals surface area contributed by atoms with Crippen molar-refractivity contribution in [1.29, 1.82) is 0 Å². The number of hydrogen-bond acceptors (Lipinski definition) is 3. The Balaban J connectivity index is 1.78. The van der Waals surface area contributed by atoms with E-state index < -0.39 is 0 Å². The molecule has 0 atom stereocenters. The molecule has 2 aliphatic rings. The largest absolute Gasteiger partial charge is 0.394 e. The normalized spacial score (nSPS) is 19.5. The van der Waals surface area contributed by atoms with Gasteiger partial charge in [-0.1, -0.05) is 13.3 Å². The first-order valence-corrected chi connectivity index (χ1v) is 7.28. The highest BCUT2D eigenvalue weighted by atomic mass is 15.3. The number of aryl methyl sites for hydroxylation is 2. The van der Waals surface area contributed by atoms with Crippen molar-refractivity contribution >= 4 is 11.5 Å². The van der Waals surface area contributed by atoms with Crippen LogP contribution in [0, 0.1) is 11.8 Å². The van der Waals surface area contributed by atoms with Gasteiger partial charge >= 0.3 is 0 Å². The molecule has 0 spiro atoms. The fourth-order valence-corrected chi connectivity index (χ4v) is 2.88. The van der Waals surface area contributed by atoms with Gasteiger partial charge in [0.15, 0.2) is 0 Å². The lowest BCUT2D eigenvalue weighted by Crippen LogP contribution is -2.26. The van der Waals surface area contributed by atoms with Crippen molar-refractivity contribution in [2.45, 2.75) is 51.5 Å². The Morgan fingerprint density at radius 1 is 1.33 bits per heavy atom. The second-order valence-corrected chi connectivity index (χ2v) is 5.93. The van der Waals surface area contributed by atoms with E-state index in [0.29, 0.717) is 6.04 Å². The molecule has 1 heterocycles. The van der Waals surface area contributed by atoms with Gasteiger partial charge < -0.3 is 11.1 Å². The number of rotatable bonds is 6. The van der Waals surface area contributed by atoms with E-state index in [1.807, 2.05) is 11.7 Å². The zero-order valence-corrected chi connectivity index (χ0v) is 11.4. The summed E-state index contributed by atoms with van der Waals surface area (Å²) in [6.07, 6.45) is 7.59. The predicted molar refractivity (Wildman–Crippen MR) is 74.5 cm³/mol. The van der Waals surface area contributed by atoms with Crippen molar-refractivity contribution in [3.8, 4) is 0 Å². The van der Waals surface area contributed by atoms with Crippen LogP contribution in [0.15, 0.2) is 0 Å². The van der Waals surface area contributed by atoms with E-state index in [9.17, 15) is 0 Å². The van der Waals surface area contributed by atoms with Gasteiger partial charge in [-0.05, 0) is 43.9 Å². The molecular formula is C14H24N4. The molecule has 0 amide bonds. The topological polar surface area (TPSA) is 55.9 Å². The Morgan fingerprint density at radius 3 is 2.44 bits per heavy atom. The van der Waals surface area contributed by atoms with Gasteiger partial charge in [0.2, 0.25) is 0 Å². The van der Waals surface area contributed by atoms with Gasteiger partial charge in [-0.2, -0.15) is 5.10 Å².